The molecule has 0 bridgehead atoms. The Labute approximate surface area is 168 Å². The maximum Gasteiger partial charge on any atom is 0.174 e. The topological polar surface area (TPSA) is 20.2 Å². The quantitative estimate of drug-likeness (QED) is 0.564. The summed E-state index contributed by atoms with van der Waals surface area (Å²) in [6.07, 6.45) is 2.09. The zero-order valence-corrected chi connectivity index (χ0v) is 16.2. The van der Waals surface area contributed by atoms with Gasteiger partial charge in [-0.2, -0.15) is 0 Å². The van der Waals surface area contributed by atoms with Crippen molar-refractivity contribution < 1.29 is 0 Å². The molecule has 1 aliphatic rings. The summed E-state index contributed by atoms with van der Waals surface area (Å²) in [6, 6.07) is 19.7. The van der Waals surface area contributed by atoms with Crippen molar-refractivity contribution in [2.75, 3.05) is 11.9 Å². The molecule has 0 amide bonds. The van der Waals surface area contributed by atoms with Crippen molar-refractivity contribution in [3.8, 4) is 0 Å². The summed E-state index contributed by atoms with van der Waals surface area (Å²) in [5.41, 5.74) is 3.13. The summed E-state index contributed by atoms with van der Waals surface area (Å²) in [4.78, 5) is 2.19. The number of rotatable bonds is 2. The molecular formula is C20H17Cl2N3S. The maximum absolute atomic E-state index is 6.54. The van der Waals surface area contributed by atoms with E-state index in [1.807, 2.05) is 42.5 Å². The number of nitrogens with zero attached hydrogens (tertiary/aromatic N) is 2. The Balaban J connectivity index is 1.72. The van der Waals surface area contributed by atoms with E-state index >= 15 is 0 Å². The van der Waals surface area contributed by atoms with E-state index in [1.165, 1.54) is 0 Å². The Morgan fingerprint density at radius 1 is 1.00 bits per heavy atom. The van der Waals surface area contributed by atoms with Gasteiger partial charge in [0, 0.05) is 40.7 Å². The Morgan fingerprint density at radius 2 is 1.81 bits per heavy atom. The average Bonchev–Trinajstić information content (AvgIpc) is 3.11. The lowest BCUT2D eigenvalue weighted by Gasteiger charge is -2.39. The molecule has 0 fully saturated rings. The zero-order valence-electron chi connectivity index (χ0n) is 13.9. The normalized spacial score (nSPS) is 16.2. The summed E-state index contributed by atoms with van der Waals surface area (Å²) in [5.74, 6) is 0. The van der Waals surface area contributed by atoms with Crippen LogP contribution in [0, 0.1) is 0 Å². The molecule has 0 saturated heterocycles. The van der Waals surface area contributed by atoms with Crippen molar-refractivity contribution in [3.05, 3.63) is 88.2 Å². The number of hydrogen-bond donors (Lipinski definition) is 1. The summed E-state index contributed by atoms with van der Waals surface area (Å²) >= 11 is 18.4. The molecule has 3 aromatic rings. The van der Waals surface area contributed by atoms with Crippen LogP contribution in [-0.4, -0.2) is 21.1 Å². The minimum atomic E-state index is -0.0628. The molecule has 3 nitrogen and oxygen atoms in total. The number of fused-ring (bicyclic) bond motifs is 1. The van der Waals surface area contributed by atoms with Gasteiger partial charge in [0.1, 0.15) is 0 Å². The van der Waals surface area contributed by atoms with Crippen molar-refractivity contribution in [1.82, 2.24) is 9.47 Å². The monoisotopic (exact) mass is 401 g/mol. The lowest BCUT2D eigenvalue weighted by Crippen LogP contribution is -2.44. The third-order valence-electron chi connectivity index (χ3n) is 4.58. The van der Waals surface area contributed by atoms with Crippen molar-refractivity contribution in [3.63, 3.8) is 0 Å². The van der Waals surface area contributed by atoms with Gasteiger partial charge in [0.2, 0.25) is 0 Å². The molecule has 2 aromatic carbocycles. The minimum Gasteiger partial charge on any atom is -0.348 e. The van der Waals surface area contributed by atoms with Gasteiger partial charge in [0.05, 0.1) is 6.04 Å². The molecule has 1 atom stereocenters. The zero-order chi connectivity index (χ0) is 18.1. The average molecular weight is 402 g/mol. The number of aromatic nitrogens is 1. The predicted octanol–water partition coefficient (Wildman–Crippen LogP) is 5.60. The lowest BCUT2D eigenvalue weighted by atomic mass is 10.00. The van der Waals surface area contributed by atoms with E-state index in [-0.39, 0.29) is 6.04 Å². The molecule has 4 rings (SSSR count). The molecule has 26 heavy (non-hydrogen) atoms. The third-order valence-corrected chi connectivity index (χ3v) is 5.48. The van der Waals surface area contributed by atoms with Crippen LogP contribution in [0.1, 0.15) is 17.3 Å². The SMILES string of the molecule is S=C(Nc1ccccc1)N1CCn2cccc2C1c1ccc(Cl)cc1Cl. The Morgan fingerprint density at radius 3 is 2.58 bits per heavy atom. The van der Waals surface area contributed by atoms with Crippen molar-refractivity contribution in [2.45, 2.75) is 12.6 Å². The van der Waals surface area contributed by atoms with Gasteiger partial charge < -0.3 is 14.8 Å². The first-order valence-corrected chi connectivity index (χ1v) is 9.52. The van der Waals surface area contributed by atoms with E-state index in [9.17, 15) is 0 Å². The van der Waals surface area contributed by atoms with Crippen molar-refractivity contribution in [2.24, 2.45) is 0 Å². The van der Waals surface area contributed by atoms with Crippen LogP contribution in [-0.2, 0) is 6.54 Å². The highest BCUT2D eigenvalue weighted by molar-refractivity contribution is 7.80. The van der Waals surface area contributed by atoms with Gasteiger partial charge in [-0.05, 0) is 54.2 Å². The van der Waals surface area contributed by atoms with Crippen molar-refractivity contribution in [1.29, 1.82) is 0 Å². The summed E-state index contributed by atoms with van der Waals surface area (Å²) in [5, 5.41) is 5.29. The predicted molar refractivity (Wildman–Crippen MR) is 112 cm³/mol. The van der Waals surface area contributed by atoms with E-state index in [4.69, 9.17) is 35.4 Å². The van der Waals surface area contributed by atoms with Gasteiger partial charge in [0.25, 0.3) is 0 Å². The molecule has 1 aromatic heterocycles. The highest BCUT2D eigenvalue weighted by atomic mass is 35.5. The first-order chi connectivity index (χ1) is 12.6. The second kappa shape index (κ2) is 7.31. The number of hydrogen-bond acceptors (Lipinski definition) is 1. The molecular weight excluding hydrogens is 385 g/mol. The van der Waals surface area contributed by atoms with E-state index in [2.05, 4.69) is 33.1 Å². The fourth-order valence-electron chi connectivity index (χ4n) is 3.37. The van der Waals surface area contributed by atoms with Crippen LogP contribution in [0.15, 0.2) is 66.9 Å². The van der Waals surface area contributed by atoms with Crippen LogP contribution in [0.4, 0.5) is 5.69 Å². The molecule has 0 aliphatic carbocycles. The Kier molecular flexibility index (Phi) is 4.90. The Hall–Kier alpha value is -2.01. The molecule has 1 N–H and O–H groups in total. The molecule has 1 unspecified atom stereocenters. The molecule has 0 saturated carbocycles. The molecule has 6 heteroatoms. The summed E-state index contributed by atoms with van der Waals surface area (Å²) in [7, 11) is 0. The van der Waals surface area contributed by atoms with Crippen LogP contribution >= 0.6 is 35.4 Å². The van der Waals surface area contributed by atoms with Gasteiger partial charge in [-0.15, -0.1) is 0 Å². The second-order valence-electron chi connectivity index (χ2n) is 6.18. The molecule has 0 spiro atoms. The van der Waals surface area contributed by atoms with Gasteiger partial charge >= 0.3 is 0 Å². The van der Waals surface area contributed by atoms with Crippen molar-refractivity contribution >= 4 is 46.2 Å². The molecule has 0 radical (unpaired) electrons. The summed E-state index contributed by atoms with van der Waals surface area (Å²) in [6.45, 7) is 1.67. The number of halogens is 2. The molecule has 132 valence electrons. The van der Waals surface area contributed by atoms with Crippen LogP contribution in [0.2, 0.25) is 10.0 Å². The highest BCUT2D eigenvalue weighted by Crippen LogP contribution is 2.37. The van der Waals surface area contributed by atoms with E-state index in [1.54, 1.807) is 6.07 Å². The van der Waals surface area contributed by atoms with E-state index in [0.717, 1.165) is 30.0 Å². The smallest absolute Gasteiger partial charge is 0.174 e. The van der Waals surface area contributed by atoms with Gasteiger partial charge in [-0.25, -0.2) is 0 Å². The largest absolute Gasteiger partial charge is 0.348 e. The standard InChI is InChI=1S/C20H17Cl2N3S/c21-14-8-9-16(17(22)13-14)19-18-7-4-10-24(18)11-12-25(19)20(26)23-15-5-2-1-3-6-15/h1-10,13,19H,11-12H2,(H,23,26). The lowest BCUT2D eigenvalue weighted by molar-refractivity contribution is 0.293. The maximum atomic E-state index is 6.54. The van der Waals surface area contributed by atoms with Gasteiger partial charge in [-0.1, -0.05) is 47.5 Å². The van der Waals surface area contributed by atoms with Crippen LogP contribution < -0.4 is 5.32 Å². The minimum absolute atomic E-state index is 0.0628. The fourth-order valence-corrected chi connectivity index (χ4v) is 4.20. The number of benzene rings is 2. The van der Waals surface area contributed by atoms with Crippen LogP contribution in [0.5, 0.6) is 0 Å². The first kappa shape index (κ1) is 17.4. The fraction of sp³-hybridized carbons (Fsp3) is 0.150. The van der Waals surface area contributed by atoms with Gasteiger partial charge in [-0.3, -0.25) is 0 Å². The number of nitrogens with one attached hydrogen (secondary N) is 1. The Bertz CT molecular complexity index is 939. The van der Waals surface area contributed by atoms with Gasteiger partial charge in [0.15, 0.2) is 5.11 Å². The third kappa shape index (κ3) is 3.32. The number of thiocarbonyl (C=S) groups is 1. The highest BCUT2D eigenvalue weighted by Gasteiger charge is 2.31. The molecule has 2 heterocycles. The first-order valence-electron chi connectivity index (χ1n) is 8.36. The number of anilines is 1. The second-order valence-corrected chi connectivity index (χ2v) is 7.41. The number of para-hydroxylation sites is 1. The summed E-state index contributed by atoms with van der Waals surface area (Å²) < 4.78 is 2.25. The molecule has 1 aliphatic heterocycles. The van der Waals surface area contributed by atoms with E-state index < -0.39 is 0 Å². The van der Waals surface area contributed by atoms with E-state index in [0.29, 0.717) is 15.2 Å². The van der Waals surface area contributed by atoms with Crippen LogP contribution in [0.3, 0.4) is 0 Å². The van der Waals surface area contributed by atoms with Crippen LogP contribution in [0.25, 0.3) is 0 Å².